The van der Waals surface area contributed by atoms with Crippen LogP contribution in [0.4, 0.5) is 0 Å². The molecule has 0 bridgehead atoms. The Kier molecular flexibility index (Phi) is 12.0. The second kappa shape index (κ2) is 15.6. The molecule has 0 unspecified atom stereocenters. The number of nitrogens with one attached hydrogen (secondary N) is 2. The van der Waals surface area contributed by atoms with Crippen LogP contribution in [0.5, 0.6) is 0 Å². The number of aryl methyl sites for hydroxylation is 2. The van der Waals surface area contributed by atoms with Crippen LogP contribution >= 0.6 is 0 Å². The maximum Gasteiger partial charge on any atom is 0.253 e. The predicted molar refractivity (Wildman–Crippen MR) is 183 cm³/mol. The summed E-state index contributed by atoms with van der Waals surface area (Å²) in [4.78, 5) is 33.8. The van der Waals surface area contributed by atoms with E-state index in [0.29, 0.717) is 17.7 Å². The second-order valence-corrected chi connectivity index (χ2v) is 10.8. The highest BCUT2D eigenvalue weighted by molar-refractivity contribution is 6.14. The molecule has 0 atom stereocenters. The van der Waals surface area contributed by atoms with Gasteiger partial charge in [0.1, 0.15) is 0 Å². The number of H-pyrrole nitrogens is 1. The molecule has 1 aliphatic carbocycles. The maximum absolute atomic E-state index is 13.1. The number of carbonyl (C=O) groups excluding carboxylic acids is 2. The summed E-state index contributed by atoms with van der Waals surface area (Å²) in [6.45, 7) is 18.6. The van der Waals surface area contributed by atoms with Crippen molar-refractivity contribution in [2.45, 2.75) is 67.7 Å². The molecule has 1 aliphatic rings. The van der Waals surface area contributed by atoms with Gasteiger partial charge in [0.15, 0.2) is 6.29 Å². The van der Waals surface area contributed by atoms with Crippen molar-refractivity contribution in [1.82, 2.24) is 10.3 Å². The van der Waals surface area contributed by atoms with Gasteiger partial charge in [-0.25, -0.2) is 0 Å². The van der Waals surface area contributed by atoms with Crippen LogP contribution < -0.4 is 5.32 Å². The van der Waals surface area contributed by atoms with Crippen molar-refractivity contribution in [3.8, 4) is 0 Å². The lowest BCUT2D eigenvalue weighted by Crippen LogP contribution is -2.25. The quantitative estimate of drug-likeness (QED) is 0.0871. The number of aldehydes is 1. The van der Waals surface area contributed by atoms with Crippen molar-refractivity contribution < 1.29 is 9.59 Å². The van der Waals surface area contributed by atoms with E-state index in [1.807, 2.05) is 95.3 Å². The van der Waals surface area contributed by atoms with Gasteiger partial charge in [-0.1, -0.05) is 80.7 Å². The minimum atomic E-state index is -0.107. The zero-order valence-corrected chi connectivity index (χ0v) is 26.7. The third-order valence-corrected chi connectivity index (χ3v) is 7.79. The molecule has 5 nitrogen and oxygen atoms in total. The highest BCUT2D eigenvalue weighted by atomic mass is 16.1. The fraction of sp³-hybridized carbons (Fsp3) is 0.289. The number of amides is 1. The number of aliphatic imine (C=N–C) groups is 1. The maximum atomic E-state index is 13.1. The van der Waals surface area contributed by atoms with Crippen molar-refractivity contribution in [2.24, 2.45) is 4.99 Å². The second-order valence-electron chi connectivity index (χ2n) is 10.8. The van der Waals surface area contributed by atoms with Gasteiger partial charge in [-0.05, 0) is 93.9 Å². The molecular weight excluding hydrogens is 530 g/mol. The van der Waals surface area contributed by atoms with E-state index in [0.717, 1.165) is 81.7 Å². The Morgan fingerprint density at radius 2 is 1.84 bits per heavy atom. The Labute approximate surface area is 257 Å². The molecular formula is C38H45N3O2. The Bertz CT molecular complexity index is 1590. The molecule has 0 fully saturated rings. The Balaban J connectivity index is 1.90. The first-order valence-electron chi connectivity index (χ1n) is 15.0. The summed E-state index contributed by atoms with van der Waals surface area (Å²) in [6, 6.07) is 6.04. The van der Waals surface area contributed by atoms with E-state index >= 15 is 0 Å². The van der Waals surface area contributed by atoms with Gasteiger partial charge in [0.25, 0.3) is 5.91 Å². The third kappa shape index (κ3) is 8.51. The van der Waals surface area contributed by atoms with Gasteiger partial charge in [-0.15, -0.1) is 0 Å². The number of benzene rings is 1. The third-order valence-electron chi connectivity index (χ3n) is 7.79. The molecule has 0 aliphatic heterocycles. The first kappa shape index (κ1) is 33.0. The van der Waals surface area contributed by atoms with Crippen molar-refractivity contribution in [3.05, 3.63) is 123 Å². The highest BCUT2D eigenvalue weighted by Gasteiger charge is 2.18. The molecule has 43 heavy (non-hydrogen) atoms. The van der Waals surface area contributed by atoms with Gasteiger partial charge < -0.3 is 10.3 Å². The van der Waals surface area contributed by atoms with Crippen LogP contribution in [0.25, 0.3) is 17.3 Å². The number of nitrogens with zero attached hydrogens (tertiary/aromatic N) is 1. The molecule has 0 spiro atoms. The fourth-order valence-electron chi connectivity index (χ4n) is 5.14. The lowest BCUT2D eigenvalue weighted by atomic mass is 9.96. The Hall–Kier alpha value is -4.51. The molecule has 1 amide bonds. The molecule has 5 heteroatoms. The van der Waals surface area contributed by atoms with Gasteiger partial charge >= 0.3 is 0 Å². The number of hydrogen-bond donors (Lipinski definition) is 2. The summed E-state index contributed by atoms with van der Waals surface area (Å²) >= 11 is 0. The van der Waals surface area contributed by atoms with Crippen LogP contribution in [0.15, 0.2) is 89.0 Å². The van der Waals surface area contributed by atoms with E-state index in [-0.39, 0.29) is 5.91 Å². The average molecular weight is 576 g/mol. The van der Waals surface area contributed by atoms with Gasteiger partial charge in [0.2, 0.25) is 0 Å². The normalized spacial score (nSPS) is 14.0. The standard InChI is InChI=1S/C38H45N3O2/c1-9-30(10-2)15-13-21-39-38(43)37-27(6)36(41-29(37)8)23-33(24-42)34-22-32(20-18-26(34)5)35(11-3)40-28(7)31-16-12-14-25(4)17-19-31/h11-12,14-20,22-24,41H,4,9-10,13,21H2,1-3,5-8H3,(H,39,43)/b33-23+,35-11-,40-28+. The van der Waals surface area contributed by atoms with E-state index in [9.17, 15) is 9.59 Å². The molecule has 1 aromatic heterocycles. The van der Waals surface area contributed by atoms with Crippen molar-refractivity contribution in [3.63, 3.8) is 0 Å². The molecule has 0 radical (unpaired) electrons. The van der Waals surface area contributed by atoms with E-state index in [1.165, 1.54) is 5.57 Å². The minimum absolute atomic E-state index is 0.107. The first-order valence-corrected chi connectivity index (χ1v) is 15.0. The lowest BCUT2D eigenvalue weighted by molar-refractivity contribution is -0.103. The van der Waals surface area contributed by atoms with E-state index in [2.05, 4.69) is 36.8 Å². The molecule has 0 saturated heterocycles. The number of allylic oxidation sites excluding steroid dienone is 10. The number of hydrogen-bond acceptors (Lipinski definition) is 3. The molecule has 1 heterocycles. The number of rotatable bonds is 12. The monoisotopic (exact) mass is 575 g/mol. The zero-order valence-electron chi connectivity index (χ0n) is 26.7. The summed E-state index contributed by atoms with van der Waals surface area (Å²) in [6.07, 6.45) is 19.7. The summed E-state index contributed by atoms with van der Waals surface area (Å²) < 4.78 is 0. The van der Waals surface area contributed by atoms with Gasteiger partial charge in [-0.2, -0.15) is 0 Å². The predicted octanol–water partition coefficient (Wildman–Crippen LogP) is 8.98. The topological polar surface area (TPSA) is 74.3 Å². The van der Waals surface area contributed by atoms with Crippen LogP contribution in [0.1, 0.15) is 91.0 Å². The summed E-state index contributed by atoms with van der Waals surface area (Å²) in [5.74, 6) is -0.107. The van der Waals surface area contributed by atoms with Crippen molar-refractivity contribution in [2.75, 3.05) is 6.54 Å². The van der Waals surface area contributed by atoms with E-state index < -0.39 is 0 Å². The van der Waals surface area contributed by atoms with Crippen LogP contribution in [0.3, 0.4) is 0 Å². The smallest absolute Gasteiger partial charge is 0.253 e. The molecule has 1 aromatic carbocycles. The molecule has 224 valence electrons. The minimum Gasteiger partial charge on any atom is -0.358 e. The van der Waals surface area contributed by atoms with Gasteiger partial charge in [-0.3, -0.25) is 14.6 Å². The molecule has 3 rings (SSSR count). The summed E-state index contributed by atoms with van der Waals surface area (Å²) in [7, 11) is 0. The van der Waals surface area contributed by atoms with E-state index in [4.69, 9.17) is 4.99 Å². The Morgan fingerprint density at radius 1 is 1.09 bits per heavy atom. The number of aromatic nitrogens is 1. The number of aromatic amines is 1. The van der Waals surface area contributed by atoms with Crippen LogP contribution in [-0.4, -0.2) is 29.4 Å². The molecule has 2 aromatic rings. The van der Waals surface area contributed by atoms with Crippen molar-refractivity contribution in [1.29, 1.82) is 0 Å². The SMILES string of the molecule is C=C1C=CC=C(/C(C)=N/C(=C\C)c2ccc(C)c(/C(C=O)=C/c3[nH]c(C)c(C(=O)NCCC=C(CC)CC)c3C)c2)C=C1. The Morgan fingerprint density at radius 3 is 2.51 bits per heavy atom. The van der Waals surface area contributed by atoms with Crippen molar-refractivity contribution >= 4 is 35.3 Å². The highest BCUT2D eigenvalue weighted by Crippen LogP contribution is 2.28. The van der Waals surface area contributed by atoms with Gasteiger partial charge in [0, 0.05) is 34.8 Å². The lowest BCUT2D eigenvalue weighted by Gasteiger charge is -2.11. The first-order chi connectivity index (χ1) is 20.6. The van der Waals surface area contributed by atoms with Crippen LogP contribution in [0.2, 0.25) is 0 Å². The summed E-state index contributed by atoms with van der Waals surface area (Å²) in [5, 5.41) is 3.05. The largest absolute Gasteiger partial charge is 0.358 e. The summed E-state index contributed by atoms with van der Waals surface area (Å²) in [5.41, 5.74) is 11.2. The fourth-order valence-corrected chi connectivity index (χ4v) is 5.14. The van der Waals surface area contributed by atoms with Crippen LogP contribution in [0, 0.1) is 20.8 Å². The van der Waals surface area contributed by atoms with Gasteiger partial charge in [0.05, 0.1) is 11.3 Å². The van der Waals surface area contributed by atoms with E-state index in [1.54, 1.807) is 0 Å². The number of carbonyl (C=O) groups is 2. The molecule has 2 N–H and O–H groups in total. The zero-order chi connectivity index (χ0) is 31.5. The average Bonchev–Trinajstić information content (AvgIpc) is 3.12. The molecule has 0 saturated carbocycles. The van der Waals surface area contributed by atoms with Crippen LogP contribution in [-0.2, 0) is 4.79 Å².